The summed E-state index contributed by atoms with van der Waals surface area (Å²) in [5.41, 5.74) is 3.39. The Labute approximate surface area is 181 Å². The van der Waals surface area contributed by atoms with E-state index in [0.717, 1.165) is 11.1 Å². The lowest BCUT2D eigenvalue weighted by Gasteiger charge is -2.04. The summed E-state index contributed by atoms with van der Waals surface area (Å²) < 4.78 is 0. The van der Waals surface area contributed by atoms with Crippen molar-refractivity contribution in [3.05, 3.63) is 85.8 Å². The number of aromatic nitrogens is 2. The Morgan fingerprint density at radius 1 is 0.893 bits per heavy atom. The van der Waals surface area contributed by atoms with Gasteiger partial charge in [0.05, 0.1) is 26.6 Å². The molecule has 0 aliphatic rings. The van der Waals surface area contributed by atoms with Crippen LogP contribution in [0.2, 0.25) is 20.1 Å². The summed E-state index contributed by atoms with van der Waals surface area (Å²) in [5, 5.41) is 2.00. The number of rotatable bonds is 4. The maximum atomic E-state index is 12.7. The summed E-state index contributed by atoms with van der Waals surface area (Å²) in [6.07, 6.45) is 0.198. The first-order valence-electron chi connectivity index (χ1n) is 8.33. The lowest BCUT2D eigenvalue weighted by Crippen LogP contribution is -2.03. The van der Waals surface area contributed by atoms with E-state index < -0.39 is 0 Å². The highest BCUT2D eigenvalue weighted by molar-refractivity contribution is 6.39. The largest absolute Gasteiger partial charge is 0.338 e. The van der Waals surface area contributed by atoms with Crippen LogP contribution in [0.3, 0.4) is 0 Å². The number of H-pyrrole nitrogens is 1. The van der Waals surface area contributed by atoms with E-state index in [1.165, 1.54) is 0 Å². The zero-order valence-corrected chi connectivity index (χ0v) is 17.3. The van der Waals surface area contributed by atoms with Crippen LogP contribution in [0.25, 0.3) is 22.4 Å². The molecule has 0 saturated heterocycles. The molecule has 0 aliphatic carbocycles. The molecule has 4 aromatic rings. The summed E-state index contributed by atoms with van der Waals surface area (Å²) in [6.45, 7) is 0. The van der Waals surface area contributed by atoms with Crippen LogP contribution < -0.4 is 0 Å². The normalized spacial score (nSPS) is 11.1. The van der Waals surface area contributed by atoms with Crippen molar-refractivity contribution in [2.75, 3.05) is 0 Å². The third-order valence-electron chi connectivity index (χ3n) is 4.29. The number of halogens is 4. The van der Waals surface area contributed by atoms with Crippen LogP contribution in [0.4, 0.5) is 0 Å². The van der Waals surface area contributed by atoms with Gasteiger partial charge in [0.15, 0.2) is 5.78 Å². The molecule has 0 fully saturated rings. The molecule has 1 aromatic heterocycles. The number of aromatic amines is 1. The third kappa shape index (κ3) is 3.89. The first kappa shape index (κ1) is 19.3. The summed E-state index contributed by atoms with van der Waals surface area (Å²) in [6, 6.07) is 15.7. The van der Waals surface area contributed by atoms with Gasteiger partial charge >= 0.3 is 0 Å². The molecule has 0 unspecified atom stereocenters. The maximum absolute atomic E-state index is 12.7. The van der Waals surface area contributed by atoms with E-state index in [-0.39, 0.29) is 12.2 Å². The van der Waals surface area contributed by atoms with Gasteiger partial charge in [0.25, 0.3) is 0 Å². The number of benzene rings is 3. The molecule has 3 aromatic carbocycles. The highest BCUT2D eigenvalue weighted by Gasteiger charge is 2.15. The number of nitrogens with zero attached hydrogens (tertiary/aromatic N) is 1. The van der Waals surface area contributed by atoms with Crippen LogP contribution in [0, 0.1) is 0 Å². The quantitative estimate of drug-likeness (QED) is 0.333. The van der Waals surface area contributed by atoms with Gasteiger partial charge in [-0.2, -0.15) is 0 Å². The number of fused-ring (bicyclic) bond motifs is 1. The predicted octanol–water partition coefficient (Wildman–Crippen LogP) is 7.27. The summed E-state index contributed by atoms with van der Waals surface area (Å²) in [4.78, 5) is 20.4. The molecule has 7 heteroatoms. The Morgan fingerprint density at radius 3 is 2.25 bits per heavy atom. The lowest BCUT2D eigenvalue weighted by atomic mass is 10.0. The molecule has 28 heavy (non-hydrogen) atoms. The van der Waals surface area contributed by atoms with Crippen molar-refractivity contribution in [1.29, 1.82) is 0 Å². The van der Waals surface area contributed by atoms with Crippen LogP contribution in [0.15, 0.2) is 54.6 Å². The van der Waals surface area contributed by atoms with Crippen LogP contribution in [0.5, 0.6) is 0 Å². The van der Waals surface area contributed by atoms with Gasteiger partial charge in [-0.15, -0.1) is 0 Å². The smallest absolute Gasteiger partial charge is 0.167 e. The van der Waals surface area contributed by atoms with Crippen molar-refractivity contribution in [3.8, 4) is 11.4 Å². The molecule has 0 spiro atoms. The Kier molecular flexibility index (Phi) is 5.35. The van der Waals surface area contributed by atoms with Gasteiger partial charge in [-0.1, -0.05) is 52.5 Å². The van der Waals surface area contributed by atoms with E-state index in [2.05, 4.69) is 9.97 Å². The number of hydrogen-bond donors (Lipinski definition) is 1. The molecule has 0 amide bonds. The van der Waals surface area contributed by atoms with Crippen LogP contribution in [0.1, 0.15) is 15.9 Å². The summed E-state index contributed by atoms with van der Waals surface area (Å²) in [7, 11) is 0. The van der Waals surface area contributed by atoms with Crippen molar-refractivity contribution in [2.45, 2.75) is 6.42 Å². The van der Waals surface area contributed by atoms with E-state index in [1.807, 2.05) is 0 Å². The number of hydrogen-bond acceptors (Lipinski definition) is 2. The predicted molar refractivity (Wildman–Crippen MR) is 116 cm³/mol. The monoisotopic (exact) mass is 448 g/mol. The van der Waals surface area contributed by atoms with E-state index in [9.17, 15) is 4.79 Å². The van der Waals surface area contributed by atoms with Gasteiger partial charge < -0.3 is 4.98 Å². The lowest BCUT2D eigenvalue weighted by molar-refractivity contribution is 0.0993. The fourth-order valence-electron chi connectivity index (χ4n) is 3.03. The van der Waals surface area contributed by atoms with Crippen molar-refractivity contribution in [1.82, 2.24) is 9.97 Å². The second-order valence-corrected chi connectivity index (χ2v) is 7.98. The Morgan fingerprint density at radius 2 is 1.57 bits per heavy atom. The van der Waals surface area contributed by atoms with Gasteiger partial charge in [0.1, 0.15) is 5.82 Å². The van der Waals surface area contributed by atoms with Crippen molar-refractivity contribution in [2.24, 2.45) is 0 Å². The number of Topliss-reactive ketones (excluding diaryl/α,β-unsaturated/α-hetero) is 1. The highest BCUT2D eigenvalue weighted by Crippen LogP contribution is 2.34. The third-order valence-corrected chi connectivity index (χ3v) is 5.36. The first-order chi connectivity index (χ1) is 13.4. The molecule has 0 radical (unpaired) electrons. The molecule has 0 aliphatic heterocycles. The molecule has 1 N–H and O–H groups in total. The minimum Gasteiger partial charge on any atom is -0.338 e. The second-order valence-electron chi connectivity index (χ2n) is 6.29. The molecular weight excluding hydrogens is 438 g/mol. The van der Waals surface area contributed by atoms with Gasteiger partial charge in [0, 0.05) is 22.0 Å². The van der Waals surface area contributed by atoms with Gasteiger partial charge in [-0.05, 0) is 54.1 Å². The molecule has 140 valence electrons. The van der Waals surface area contributed by atoms with Gasteiger partial charge in [-0.25, -0.2) is 4.98 Å². The maximum Gasteiger partial charge on any atom is 0.167 e. The van der Waals surface area contributed by atoms with E-state index in [1.54, 1.807) is 54.6 Å². The van der Waals surface area contributed by atoms with E-state index in [4.69, 9.17) is 46.4 Å². The second kappa shape index (κ2) is 7.76. The number of ketones is 1. The molecule has 0 atom stereocenters. The Bertz CT molecular complexity index is 1180. The Balaban J connectivity index is 1.67. The average molecular weight is 450 g/mol. The van der Waals surface area contributed by atoms with Crippen molar-refractivity contribution >= 4 is 63.2 Å². The number of imidazole rings is 1. The molecule has 3 nitrogen and oxygen atoms in total. The zero-order chi connectivity index (χ0) is 19.8. The van der Waals surface area contributed by atoms with Crippen LogP contribution >= 0.6 is 46.4 Å². The number of carbonyl (C=O) groups is 1. The average Bonchev–Trinajstić information content (AvgIpc) is 3.03. The van der Waals surface area contributed by atoms with Crippen molar-refractivity contribution in [3.63, 3.8) is 0 Å². The molecule has 0 saturated carbocycles. The standard InChI is InChI=1S/C21H12Cl4N2O/c22-13-6-11(7-14(23)10-13)8-19(28)12-4-5-17-18(9-12)27-21(26-17)20-15(24)2-1-3-16(20)25/h1-7,9-10H,8H2,(H,26,27). The van der Waals surface area contributed by atoms with E-state index in [0.29, 0.717) is 42.6 Å². The highest BCUT2D eigenvalue weighted by atomic mass is 35.5. The molecular formula is C21H12Cl4N2O. The number of nitrogens with one attached hydrogen (secondary N) is 1. The number of carbonyl (C=O) groups excluding carboxylic acids is 1. The molecule has 1 heterocycles. The first-order valence-corrected chi connectivity index (χ1v) is 9.84. The van der Waals surface area contributed by atoms with Gasteiger partial charge in [-0.3, -0.25) is 4.79 Å². The summed E-state index contributed by atoms with van der Waals surface area (Å²) >= 11 is 24.6. The van der Waals surface area contributed by atoms with E-state index >= 15 is 0 Å². The molecule has 0 bridgehead atoms. The fraction of sp³-hybridized carbons (Fsp3) is 0.0476. The SMILES string of the molecule is O=C(Cc1cc(Cl)cc(Cl)c1)c1ccc2nc(-c3c(Cl)cccc3Cl)[nH]c2c1. The minimum atomic E-state index is -0.0489. The zero-order valence-electron chi connectivity index (χ0n) is 14.3. The van der Waals surface area contributed by atoms with Crippen LogP contribution in [-0.4, -0.2) is 15.8 Å². The van der Waals surface area contributed by atoms with Gasteiger partial charge in [0.2, 0.25) is 0 Å². The topological polar surface area (TPSA) is 45.8 Å². The Hall–Kier alpha value is -2.04. The summed E-state index contributed by atoms with van der Waals surface area (Å²) in [5.74, 6) is 0.504. The minimum absolute atomic E-state index is 0.0489. The molecule has 4 rings (SSSR count). The fourth-order valence-corrected chi connectivity index (χ4v) is 4.17. The van der Waals surface area contributed by atoms with Crippen molar-refractivity contribution < 1.29 is 4.79 Å². The van der Waals surface area contributed by atoms with Crippen LogP contribution in [-0.2, 0) is 6.42 Å².